The maximum absolute atomic E-state index is 5.59. The van der Waals surface area contributed by atoms with Crippen molar-refractivity contribution in [1.82, 2.24) is 9.55 Å². The lowest BCUT2D eigenvalue weighted by Crippen LogP contribution is -2.09. The quantitative estimate of drug-likeness (QED) is 0.825. The summed E-state index contributed by atoms with van der Waals surface area (Å²) in [7, 11) is 0. The molecule has 0 aliphatic carbocycles. The van der Waals surface area contributed by atoms with Crippen LogP contribution < -0.4 is 5.73 Å². The fourth-order valence-electron chi connectivity index (χ4n) is 1.92. The minimum atomic E-state index is 0.660. The summed E-state index contributed by atoms with van der Waals surface area (Å²) in [5, 5.41) is 0. The third-order valence-electron chi connectivity index (χ3n) is 2.55. The van der Waals surface area contributed by atoms with E-state index in [1.807, 2.05) is 6.07 Å². The molecule has 0 aliphatic heterocycles. The van der Waals surface area contributed by atoms with Gasteiger partial charge in [0.25, 0.3) is 0 Å². The Hall–Kier alpha value is -1.35. The largest absolute Gasteiger partial charge is 0.330 e. The zero-order chi connectivity index (χ0) is 10.7. The summed E-state index contributed by atoms with van der Waals surface area (Å²) >= 11 is 0. The van der Waals surface area contributed by atoms with Gasteiger partial charge in [-0.1, -0.05) is 19.1 Å². The Labute approximate surface area is 89.9 Å². The van der Waals surface area contributed by atoms with E-state index < -0.39 is 0 Å². The van der Waals surface area contributed by atoms with Crippen molar-refractivity contribution in [3.05, 3.63) is 30.1 Å². The standard InChI is InChI=1S/C12H17N3/c1-2-9-15-11-6-4-3-5-10(11)14-12(15)7-8-13/h3-6H,2,7-9,13H2,1H3. The maximum Gasteiger partial charge on any atom is 0.111 e. The van der Waals surface area contributed by atoms with Gasteiger partial charge in [0.15, 0.2) is 0 Å². The Kier molecular flexibility index (Phi) is 3.02. The van der Waals surface area contributed by atoms with Crippen LogP contribution in [0.25, 0.3) is 11.0 Å². The molecule has 15 heavy (non-hydrogen) atoms. The first-order valence-corrected chi connectivity index (χ1v) is 5.51. The molecule has 0 amide bonds. The number of imidazole rings is 1. The zero-order valence-electron chi connectivity index (χ0n) is 9.11. The van der Waals surface area contributed by atoms with Crippen LogP contribution in [-0.4, -0.2) is 16.1 Å². The third-order valence-corrected chi connectivity index (χ3v) is 2.55. The molecule has 2 rings (SSSR count). The monoisotopic (exact) mass is 203 g/mol. The van der Waals surface area contributed by atoms with E-state index in [2.05, 4.69) is 34.7 Å². The number of benzene rings is 1. The molecule has 0 fully saturated rings. The molecule has 0 radical (unpaired) electrons. The lowest BCUT2D eigenvalue weighted by atomic mass is 10.3. The molecular weight excluding hydrogens is 186 g/mol. The van der Waals surface area contributed by atoms with Gasteiger partial charge in [-0.15, -0.1) is 0 Å². The number of nitrogens with zero attached hydrogens (tertiary/aromatic N) is 2. The average Bonchev–Trinajstić information content (AvgIpc) is 2.59. The van der Waals surface area contributed by atoms with Gasteiger partial charge in [0.05, 0.1) is 11.0 Å². The van der Waals surface area contributed by atoms with E-state index in [1.54, 1.807) is 0 Å². The second-order valence-corrected chi connectivity index (χ2v) is 3.71. The second kappa shape index (κ2) is 4.45. The first kappa shape index (κ1) is 10.2. The smallest absolute Gasteiger partial charge is 0.111 e. The minimum absolute atomic E-state index is 0.660. The number of fused-ring (bicyclic) bond motifs is 1. The molecule has 0 bridgehead atoms. The fourth-order valence-corrected chi connectivity index (χ4v) is 1.92. The van der Waals surface area contributed by atoms with Crippen molar-refractivity contribution in [3.63, 3.8) is 0 Å². The Balaban J connectivity index is 2.53. The van der Waals surface area contributed by atoms with Gasteiger partial charge >= 0.3 is 0 Å². The molecule has 3 nitrogen and oxygen atoms in total. The maximum atomic E-state index is 5.59. The molecule has 1 aromatic carbocycles. The second-order valence-electron chi connectivity index (χ2n) is 3.71. The predicted molar refractivity (Wildman–Crippen MR) is 62.8 cm³/mol. The number of para-hydroxylation sites is 2. The molecule has 2 aromatic rings. The molecule has 1 aromatic heterocycles. The first-order valence-electron chi connectivity index (χ1n) is 5.51. The van der Waals surface area contributed by atoms with Crippen LogP contribution in [-0.2, 0) is 13.0 Å². The van der Waals surface area contributed by atoms with Crippen molar-refractivity contribution in [2.45, 2.75) is 26.3 Å². The van der Waals surface area contributed by atoms with Crippen LogP contribution in [0.15, 0.2) is 24.3 Å². The van der Waals surface area contributed by atoms with Crippen LogP contribution in [0, 0.1) is 0 Å². The summed E-state index contributed by atoms with van der Waals surface area (Å²) in [6.45, 7) is 3.86. The van der Waals surface area contributed by atoms with E-state index in [0.717, 1.165) is 30.7 Å². The summed E-state index contributed by atoms with van der Waals surface area (Å²) in [5.74, 6) is 1.11. The summed E-state index contributed by atoms with van der Waals surface area (Å²) < 4.78 is 2.28. The van der Waals surface area contributed by atoms with E-state index in [1.165, 1.54) is 5.52 Å². The molecular formula is C12H17N3. The molecule has 3 heteroatoms. The lowest BCUT2D eigenvalue weighted by molar-refractivity contribution is 0.652. The molecule has 0 spiro atoms. The number of aryl methyl sites for hydroxylation is 1. The van der Waals surface area contributed by atoms with Crippen LogP contribution in [0.3, 0.4) is 0 Å². The first-order chi connectivity index (χ1) is 7.36. The predicted octanol–water partition coefficient (Wildman–Crippen LogP) is 1.95. The fraction of sp³-hybridized carbons (Fsp3) is 0.417. The highest BCUT2D eigenvalue weighted by Gasteiger charge is 2.07. The van der Waals surface area contributed by atoms with Gasteiger partial charge in [0.2, 0.25) is 0 Å². The summed E-state index contributed by atoms with van der Waals surface area (Å²) in [4.78, 5) is 4.60. The van der Waals surface area contributed by atoms with Crippen molar-refractivity contribution in [1.29, 1.82) is 0 Å². The number of rotatable bonds is 4. The van der Waals surface area contributed by atoms with E-state index in [4.69, 9.17) is 5.73 Å². The van der Waals surface area contributed by atoms with Crippen molar-refractivity contribution >= 4 is 11.0 Å². The molecule has 2 N–H and O–H groups in total. The van der Waals surface area contributed by atoms with Crippen molar-refractivity contribution < 1.29 is 0 Å². The molecule has 0 aliphatic rings. The van der Waals surface area contributed by atoms with Crippen LogP contribution >= 0.6 is 0 Å². The summed E-state index contributed by atoms with van der Waals surface area (Å²) in [6.07, 6.45) is 1.98. The van der Waals surface area contributed by atoms with Crippen molar-refractivity contribution in [3.8, 4) is 0 Å². The van der Waals surface area contributed by atoms with Gasteiger partial charge in [-0.25, -0.2) is 4.98 Å². The van der Waals surface area contributed by atoms with Gasteiger partial charge in [-0.3, -0.25) is 0 Å². The van der Waals surface area contributed by atoms with Crippen molar-refractivity contribution in [2.24, 2.45) is 5.73 Å². The van der Waals surface area contributed by atoms with E-state index in [0.29, 0.717) is 6.54 Å². The highest BCUT2D eigenvalue weighted by molar-refractivity contribution is 5.75. The minimum Gasteiger partial charge on any atom is -0.330 e. The van der Waals surface area contributed by atoms with Gasteiger partial charge < -0.3 is 10.3 Å². The normalized spacial score (nSPS) is 11.1. The highest BCUT2D eigenvalue weighted by Crippen LogP contribution is 2.16. The van der Waals surface area contributed by atoms with Crippen LogP contribution in [0.1, 0.15) is 19.2 Å². The van der Waals surface area contributed by atoms with Gasteiger partial charge in [0.1, 0.15) is 5.82 Å². The number of nitrogens with two attached hydrogens (primary N) is 1. The molecule has 80 valence electrons. The SMILES string of the molecule is CCCn1c(CCN)nc2ccccc21. The molecule has 0 atom stereocenters. The number of aromatic nitrogens is 2. The molecule has 0 saturated carbocycles. The van der Waals surface area contributed by atoms with E-state index in [-0.39, 0.29) is 0 Å². The summed E-state index contributed by atoms with van der Waals surface area (Å²) in [5.41, 5.74) is 7.90. The van der Waals surface area contributed by atoms with Crippen molar-refractivity contribution in [2.75, 3.05) is 6.54 Å². The molecule has 1 heterocycles. The van der Waals surface area contributed by atoms with E-state index in [9.17, 15) is 0 Å². The molecule has 0 unspecified atom stereocenters. The topological polar surface area (TPSA) is 43.8 Å². The zero-order valence-corrected chi connectivity index (χ0v) is 9.11. The highest BCUT2D eigenvalue weighted by atomic mass is 15.1. The molecule has 0 saturated heterocycles. The third kappa shape index (κ3) is 1.88. The number of hydrogen-bond acceptors (Lipinski definition) is 2. The van der Waals surface area contributed by atoms with Crippen LogP contribution in [0.4, 0.5) is 0 Å². The van der Waals surface area contributed by atoms with Gasteiger partial charge in [-0.2, -0.15) is 0 Å². The lowest BCUT2D eigenvalue weighted by Gasteiger charge is -2.06. The van der Waals surface area contributed by atoms with E-state index >= 15 is 0 Å². The van der Waals surface area contributed by atoms with Gasteiger partial charge in [0, 0.05) is 13.0 Å². The average molecular weight is 203 g/mol. The Morgan fingerprint density at radius 2 is 2.13 bits per heavy atom. The summed E-state index contributed by atoms with van der Waals surface area (Å²) in [6, 6.07) is 8.26. The van der Waals surface area contributed by atoms with Gasteiger partial charge in [-0.05, 0) is 25.1 Å². The van der Waals surface area contributed by atoms with Crippen LogP contribution in [0.5, 0.6) is 0 Å². The Morgan fingerprint density at radius 1 is 1.33 bits per heavy atom. The Morgan fingerprint density at radius 3 is 2.87 bits per heavy atom. The van der Waals surface area contributed by atoms with Crippen LogP contribution in [0.2, 0.25) is 0 Å². The Bertz CT molecular complexity index is 445. The number of hydrogen-bond donors (Lipinski definition) is 1.